The van der Waals surface area contributed by atoms with Crippen molar-refractivity contribution in [3.63, 3.8) is 0 Å². The third-order valence-corrected chi connectivity index (χ3v) is 3.62. The van der Waals surface area contributed by atoms with Crippen molar-refractivity contribution in [1.29, 1.82) is 0 Å². The van der Waals surface area contributed by atoms with E-state index in [0.717, 1.165) is 17.1 Å². The normalized spacial score (nSPS) is 12.6. The Labute approximate surface area is 113 Å². The van der Waals surface area contributed by atoms with Crippen LogP contribution in [-0.4, -0.2) is 18.0 Å². The molecule has 0 unspecified atom stereocenters. The Morgan fingerprint density at radius 1 is 1.26 bits per heavy atom. The number of nitrogens with zero attached hydrogens (tertiary/aromatic N) is 2. The van der Waals surface area contributed by atoms with Gasteiger partial charge in [0.1, 0.15) is 0 Å². The van der Waals surface area contributed by atoms with Gasteiger partial charge in [-0.2, -0.15) is 8.78 Å². The Morgan fingerprint density at radius 3 is 2.42 bits per heavy atom. The standard InChI is InChI=1S/C11H9ClF2N2O2S/c12-19(17,18)10-6-16(8-15-10)7-11(13,14)9-4-2-1-3-5-9/h1-6,8H,7H2. The topological polar surface area (TPSA) is 52.0 Å². The summed E-state index contributed by atoms with van der Waals surface area (Å²) in [7, 11) is 1.06. The van der Waals surface area contributed by atoms with Crippen LogP contribution >= 0.6 is 10.7 Å². The number of hydrogen-bond donors (Lipinski definition) is 0. The molecule has 1 heterocycles. The van der Waals surface area contributed by atoms with E-state index in [1.807, 2.05) is 0 Å². The van der Waals surface area contributed by atoms with E-state index in [0.29, 0.717) is 0 Å². The van der Waals surface area contributed by atoms with Gasteiger partial charge < -0.3 is 4.57 Å². The lowest BCUT2D eigenvalue weighted by atomic mass is 10.1. The highest BCUT2D eigenvalue weighted by Gasteiger charge is 2.32. The highest BCUT2D eigenvalue weighted by atomic mass is 35.7. The minimum absolute atomic E-state index is 0.154. The molecule has 1 aromatic carbocycles. The van der Waals surface area contributed by atoms with E-state index in [1.165, 1.54) is 24.3 Å². The van der Waals surface area contributed by atoms with Crippen LogP contribution in [0.2, 0.25) is 0 Å². The van der Waals surface area contributed by atoms with Crippen molar-refractivity contribution < 1.29 is 17.2 Å². The molecule has 0 saturated carbocycles. The van der Waals surface area contributed by atoms with Crippen molar-refractivity contribution in [2.24, 2.45) is 0 Å². The Hall–Kier alpha value is -1.47. The Balaban J connectivity index is 2.24. The lowest BCUT2D eigenvalue weighted by Gasteiger charge is -2.16. The quantitative estimate of drug-likeness (QED) is 0.816. The molecule has 0 aliphatic carbocycles. The van der Waals surface area contributed by atoms with Crippen molar-refractivity contribution in [2.45, 2.75) is 17.5 Å². The van der Waals surface area contributed by atoms with Gasteiger partial charge in [0.15, 0.2) is 5.03 Å². The Bertz CT molecular complexity index is 671. The maximum Gasteiger partial charge on any atom is 0.290 e. The van der Waals surface area contributed by atoms with E-state index in [4.69, 9.17) is 10.7 Å². The second-order valence-corrected chi connectivity index (χ2v) is 6.41. The van der Waals surface area contributed by atoms with Gasteiger partial charge in [-0.25, -0.2) is 13.4 Å². The zero-order valence-electron chi connectivity index (χ0n) is 9.50. The molecule has 0 amide bonds. The van der Waals surface area contributed by atoms with Crippen LogP contribution in [0, 0.1) is 0 Å². The fraction of sp³-hybridized carbons (Fsp3) is 0.182. The zero-order valence-corrected chi connectivity index (χ0v) is 11.1. The van der Waals surface area contributed by atoms with Crippen molar-refractivity contribution in [1.82, 2.24) is 9.55 Å². The third-order valence-electron chi connectivity index (χ3n) is 2.44. The molecule has 0 atom stereocenters. The largest absolute Gasteiger partial charge is 0.330 e. The van der Waals surface area contributed by atoms with Crippen LogP contribution in [0.3, 0.4) is 0 Å². The minimum Gasteiger partial charge on any atom is -0.330 e. The minimum atomic E-state index is -4.01. The van der Waals surface area contributed by atoms with Crippen molar-refractivity contribution in [3.8, 4) is 0 Å². The lowest BCUT2D eigenvalue weighted by molar-refractivity contribution is -0.0223. The summed E-state index contributed by atoms with van der Waals surface area (Å²) in [4.78, 5) is 3.48. The van der Waals surface area contributed by atoms with Gasteiger partial charge in [-0.1, -0.05) is 30.3 Å². The van der Waals surface area contributed by atoms with Gasteiger partial charge >= 0.3 is 0 Å². The Kier molecular flexibility index (Phi) is 3.60. The van der Waals surface area contributed by atoms with Gasteiger partial charge in [0.25, 0.3) is 15.0 Å². The highest BCUT2D eigenvalue weighted by Crippen LogP contribution is 2.29. The molecule has 102 valence electrons. The molecule has 0 aliphatic rings. The summed E-state index contributed by atoms with van der Waals surface area (Å²) in [5.41, 5.74) is -0.154. The molecule has 2 rings (SSSR count). The molecule has 0 spiro atoms. The van der Waals surface area contributed by atoms with Gasteiger partial charge in [-0.15, -0.1) is 0 Å². The summed E-state index contributed by atoms with van der Waals surface area (Å²) in [5, 5.41) is -0.446. The van der Waals surface area contributed by atoms with Gasteiger partial charge in [-0.05, 0) is 0 Å². The number of rotatable bonds is 4. The molecule has 8 heteroatoms. The first-order valence-electron chi connectivity index (χ1n) is 5.19. The highest BCUT2D eigenvalue weighted by molar-refractivity contribution is 8.13. The van der Waals surface area contributed by atoms with Gasteiger partial charge in [0.2, 0.25) is 0 Å². The number of aromatic nitrogens is 2. The predicted molar refractivity (Wildman–Crippen MR) is 65.6 cm³/mol. The molecule has 1 aromatic heterocycles. The number of hydrogen-bond acceptors (Lipinski definition) is 3. The van der Waals surface area contributed by atoms with Crippen molar-refractivity contribution in [3.05, 3.63) is 48.4 Å². The van der Waals surface area contributed by atoms with E-state index in [2.05, 4.69) is 4.98 Å². The molecular weight excluding hydrogens is 298 g/mol. The fourth-order valence-electron chi connectivity index (χ4n) is 1.55. The summed E-state index contributed by atoms with van der Waals surface area (Å²) < 4.78 is 50.8. The maximum atomic E-state index is 13.9. The number of benzene rings is 1. The smallest absolute Gasteiger partial charge is 0.290 e. The monoisotopic (exact) mass is 306 g/mol. The maximum absolute atomic E-state index is 13.9. The molecule has 2 aromatic rings. The molecule has 0 N–H and O–H groups in total. The van der Waals surface area contributed by atoms with E-state index in [-0.39, 0.29) is 5.56 Å². The summed E-state index contributed by atoms with van der Waals surface area (Å²) in [5.74, 6) is -3.13. The van der Waals surface area contributed by atoms with E-state index >= 15 is 0 Å². The molecule has 0 radical (unpaired) electrons. The van der Waals surface area contributed by atoms with Crippen molar-refractivity contribution in [2.75, 3.05) is 0 Å². The van der Waals surface area contributed by atoms with Crippen LogP contribution in [-0.2, 0) is 21.5 Å². The molecule has 0 saturated heterocycles. The first-order valence-corrected chi connectivity index (χ1v) is 7.50. The van der Waals surface area contributed by atoms with Crippen LogP contribution in [0.4, 0.5) is 8.78 Å². The molecule has 0 bridgehead atoms. The van der Waals surface area contributed by atoms with Crippen LogP contribution < -0.4 is 0 Å². The summed E-state index contributed by atoms with van der Waals surface area (Å²) >= 11 is 0. The summed E-state index contributed by atoms with van der Waals surface area (Å²) in [6, 6.07) is 7.25. The average molecular weight is 307 g/mol. The number of halogens is 3. The van der Waals surface area contributed by atoms with Gasteiger partial charge in [0, 0.05) is 22.4 Å². The summed E-state index contributed by atoms with van der Waals surface area (Å²) in [6.07, 6.45) is 1.98. The number of alkyl halides is 2. The predicted octanol–water partition coefficient (Wildman–Crippen LogP) is 2.60. The summed E-state index contributed by atoms with van der Waals surface area (Å²) in [6.45, 7) is -0.712. The molecule has 0 aliphatic heterocycles. The van der Waals surface area contributed by atoms with Crippen LogP contribution in [0.15, 0.2) is 47.9 Å². The second-order valence-electron chi connectivity index (χ2n) is 3.89. The second kappa shape index (κ2) is 4.90. The molecule has 19 heavy (non-hydrogen) atoms. The van der Waals surface area contributed by atoms with E-state index in [1.54, 1.807) is 6.07 Å². The zero-order chi connectivity index (χ0) is 14.1. The third kappa shape index (κ3) is 3.30. The number of imidazole rings is 1. The van der Waals surface area contributed by atoms with Crippen LogP contribution in [0.5, 0.6) is 0 Å². The Morgan fingerprint density at radius 2 is 1.89 bits per heavy atom. The average Bonchev–Trinajstić information content (AvgIpc) is 2.78. The first-order chi connectivity index (χ1) is 8.79. The fourth-order valence-corrected chi connectivity index (χ4v) is 2.23. The van der Waals surface area contributed by atoms with Crippen LogP contribution in [0.1, 0.15) is 5.56 Å². The SMILES string of the molecule is O=S(=O)(Cl)c1cn(CC(F)(F)c2ccccc2)cn1. The lowest BCUT2D eigenvalue weighted by Crippen LogP contribution is -2.20. The van der Waals surface area contributed by atoms with Gasteiger partial charge in [0.05, 0.1) is 12.9 Å². The molecule has 0 fully saturated rings. The first kappa shape index (κ1) is 14.0. The van der Waals surface area contributed by atoms with E-state index < -0.39 is 26.5 Å². The van der Waals surface area contributed by atoms with Crippen LogP contribution in [0.25, 0.3) is 0 Å². The molecular formula is C11H9ClF2N2O2S. The van der Waals surface area contributed by atoms with Gasteiger partial charge in [-0.3, -0.25) is 0 Å². The van der Waals surface area contributed by atoms with E-state index in [9.17, 15) is 17.2 Å². The molecule has 4 nitrogen and oxygen atoms in total. The van der Waals surface area contributed by atoms with Crippen molar-refractivity contribution >= 4 is 19.7 Å².